The summed E-state index contributed by atoms with van der Waals surface area (Å²) in [6.07, 6.45) is 3.97. The number of hydrogen-bond acceptors (Lipinski definition) is 3. The molecule has 0 fully saturated rings. The molecule has 0 aliphatic rings. The SMILES string of the molecule is CC(CCCC(C)C(=O)O)NCCCN(C)C. The van der Waals surface area contributed by atoms with E-state index >= 15 is 0 Å². The van der Waals surface area contributed by atoms with Crippen LogP contribution in [0.25, 0.3) is 0 Å². The number of nitrogens with one attached hydrogen (secondary N) is 1. The number of hydrogen-bond donors (Lipinski definition) is 2. The van der Waals surface area contributed by atoms with E-state index in [2.05, 4.69) is 31.2 Å². The maximum atomic E-state index is 10.6. The Hall–Kier alpha value is -0.610. The number of aliphatic carboxylic acids is 1. The Bertz CT molecular complexity index is 208. The highest BCUT2D eigenvalue weighted by molar-refractivity contribution is 5.69. The molecular weight excluding hydrogens is 216 g/mol. The number of carbonyl (C=O) groups is 1. The first kappa shape index (κ1) is 16.4. The van der Waals surface area contributed by atoms with Gasteiger partial charge in [-0.05, 0) is 53.4 Å². The van der Waals surface area contributed by atoms with Crippen molar-refractivity contribution in [2.45, 2.75) is 45.6 Å². The highest BCUT2D eigenvalue weighted by Gasteiger charge is 2.10. The van der Waals surface area contributed by atoms with Gasteiger partial charge < -0.3 is 15.3 Å². The van der Waals surface area contributed by atoms with Crippen LogP contribution in [-0.2, 0) is 4.79 Å². The molecular formula is C13H28N2O2. The Kier molecular flexibility index (Phi) is 9.09. The number of carboxylic acids is 1. The first-order valence-electron chi connectivity index (χ1n) is 6.54. The van der Waals surface area contributed by atoms with Gasteiger partial charge in [0.15, 0.2) is 0 Å². The smallest absolute Gasteiger partial charge is 0.306 e. The monoisotopic (exact) mass is 244 g/mol. The van der Waals surface area contributed by atoms with Crippen molar-refractivity contribution in [3.05, 3.63) is 0 Å². The molecule has 17 heavy (non-hydrogen) atoms. The normalized spacial score (nSPS) is 14.9. The van der Waals surface area contributed by atoms with E-state index in [0.29, 0.717) is 6.04 Å². The van der Waals surface area contributed by atoms with E-state index in [4.69, 9.17) is 5.11 Å². The van der Waals surface area contributed by atoms with E-state index in [1.54, 1.807) is 6.92 Å². The van der Waals surface area contributed by atoms with Crippen molar-refractivity contribution in [1.82, 2.24) is 10.2 Å². The van der Waals surface area contributed by atoms with Crippen LogP contribution in [0, 0.1) is 5.92 Å². The minimum Gasteiger partial charge on any atom is -0.481 e. The molecule has 2 atom stereocenters. The van der Waals surface area contributed by atoms with Crippen LogP contribution in [-0.4, -0.2) is 49.2 Å². The molecule has 0 radical (unpaired) electrons. The van der Waals surface area contributed by atoms with E-state index in [0.717, 1.165) is 38.8 Å². The van der Waals surface area contributed by atoms with Crippen molar-refractivity contribution in [3.8, 4) is 0 Å². The van der Waals surface area contributed by atoms with Gasteiger partial charge in [0.1, 0.15) is 0 Å². The van der Waals surface area contributed by atoms with Crippen molar-refractivity contribution in [3.63, 3.8) is 0 Å². The zero-order valence-corrected chi connectivity index (χ0v) is 11.7. The van der Waals surface area contributed by atoms with Gasteiger partial charge in [-0.15, -0.1) is 0 Å². The lowest BCUT2D eigenvalue weighted by molar-refractivity contribution is -0.141. The van der Waals surface area contributed by atoms with Crippen molar-refractivity contribution in [1.29, 1.82) is 0 Å². The molecule has 0 spiro atoms. The average molecular weight is 244 g/mol. The summed E-state index contributed by atoms with van der Waals surface area (Å²) < 4.78 is 0. The molecule has 2 unspecified atom stereocenters. The van der Waals surface area contributed by atoms with Gasteiger partial charge in [-0.3, -0.25) is 4.79 Å². The van der Waals surface area contributed by atoms with E-state index in [9.17, 15) is 4.79 Å². The van der Waals surface area contributed by atoms with Crippen LogP contribution in [0.2, 0.25) is 0 Å². The number of nitrogens with zero attached hydrogens (tertiary/aromatic N) is 1. The zero-order chi connectivity index (χ0) is 13.3. The van der Waals surface area contributed by atoms with Crippen LogP contribution < -0.4 is 5.32 Å². The summed E-state index contributed by atoms with van der Waals surface area (Å²) in [5.41, 5.74) is 0. The number of rotatable bonds is 10. The van der Waals surface area contributed by atoms with Crippen molar-refractivity contribution in [2.75, 3.05) is 27.2 Å². The molecule has 0 saturated heterocycles. The summed E-state index contributed by atoms with van der Waals surface area (Å²) in [5.74, 6) is -0.896. The lowest BCUT2D eigenvalue weighted by atomic mass is 10.0. The van der Waals surface area contributed by atoms with Gasteiger partial charge in [0, 0.05) is 6.04 Å². The Morgan fingerprint density at radius 2 is 1.88 bits per heavy atom. The molecule has 0 amide bonds. The van der Waals surface area contributed by atoms with Crippen LogP contribution >= 0.6 is 0 Å². The highest BCUT2D eigenvalue weighted by atomic mass is 16.4. The predicted octanol–water partition coefficient (Wildman–Crippen LogP) is 1.81. The van der Waals surface area contributed by atoms with Gasteiger partial charge in [-0.1, -0.05) is 13.3 Å². The second-order valence-corrected chi connectivity index (χ2v) is 5.18. The van der Waals surface area contributed by atoms with Gasteiger partial charge in [-0.2, -0.15) is 0 Å². The van der Waals surface area contributed by atoms with Gasteiger partial charge in [0.05, 0.1) is 5.92 Å². The molecule has 0 aliphatic heterocycles. The highest BCUT2D eigenvalue weighted by Crippen LogP contribution is 2.09. The summed E-state index contributed by atoms with van der Waals surface area (Å²) in [7, 11) is 4.16. The Morgan fingerprint density at radius 1 is 1.24 bits per heavy atom. The first-order valence-corrected chi connectivity index (χ1v) is 6.54. The van der Waals surface area contributed by atoms with Crippen LogP contribution in [0.3, 0.4) is 0 Å². The van der Waals surface area contributed by atoms with E-state index in [1.807, 2.05) is 0 Å². The minimum absolute atomic E-state index is 0.212. The van der Waals surface area contributed by atoms with Crippen molar-refractivity contribution in [2.24, 2.45) is 5.92 Å². The molecule has 0 aromatic heterocycles. The first-order chi connectivity index (χ1) is 7.93. The van der Waals surface area contributed by atoms with Gasteiger partial charge in [-0.25, -0.2) is 0 Å². The molecule has 0 rings (SSSR count). The lowest BCUT2D eigenvalue weighted by Gasteiger charge is -2.15. The standard InChI is InChI=1S/C13H28N2O2/c1-11(13(16)17)7-5-8-12(2)14-9-6-10-15(3)4/h11-12,14H,5-10H2,1-4H3,(H,16,17). The van der Waals surface area contributed by atoms with Gasteiger partial charge in [0.2, 0.25) is 0 Å². The maximum absolute atomic E-state index is 10.6. The fourth-order valence-corrected chi connectivity index (χ4v) is 1.70. The summed E-state index contributed by atoms with van der Waals surface area (Å²) in [5, 5.41) is 12.2. The molecule has 0 saturated carbocycles. The second-order valence-electron chi connectivity index (χ2n) is 5.18. The third-order valence-corrected chi connectivity index (χ3v) is 2.97. The van der Waals surface area contributed by atoms with Crippen LogP contribution in [0.5, 0.6) is 0 Å². The number of carboxylic acid groups (broad SMARTS) is 1. The summed E-state index contributed by atoms with van der Waals surface area (Å²) in [6.45, 7) is 6.09. The molecule has 0 aliphatic carbocycles. The Balaban J connectivity index is 3.40. The Morgan fingerprint density at radius 3 is 2.41 bits per heavy atom. The third kappa shape index (κ3) is 10.3. The van der Waals surface area contributed by atoms with Crippen LogP contribution in [0.15, 0.2) is 0 Å². The van der Waals surface area contributed by atoms with E-state index in [-0.39, 0.29) is 5.92 Å². The lowest BCUT2D eigenvalue weighted by Crippen LogP contribution is -2.29. The topological polar surface area (TPSA) is 52.6 Å². The average Bonchev–Trinajstić information content (AvgIpc) is 2.23. The molecule has 0 bridgehead atoms. The Labute approximate surface area is 105 Å². The molecule has 0 aromatic carbocycles. The fraction of sp³-hybridized carbons (Fsp3) is 0.923. The summed E-state index contributed by atoms with van der Waals surface area (Å²) >= 11 is 0. The fourth-order valence-electron chi connectivity index (χ4n) is 1.70. The van der Waals surface area contributed by atoms with E-state index < -0.39 is 5.97 Å². The molecule has 4 nitrogen and oxygen atoms in total. The minimum atomic E-state index is -0.684. The molecule has 2 N–H and O–H groups in total. The van der Waals surface area contributed by atoms with E-state index in [1.165, 1.54) is 0 Å². The van der Waals surface area contributed by atoms with Gasteiger partial charge >= 0.3 is 5.97 Å². The predicted molar refractivity (Wildman–Crippen MR) is 71.3 cm³/mol. The third-order valence-electron chi connectivity index (χ3n) is 2.97. The second kappa shape index (κ2) is 9.42. The van der Waals surface area contributed by atoms with Crippen LogP contribution in [0.4, 0.5) is 0 Å². The molecule has 102 valence electrons. The van der Waals surface area contributed by atoms with Gasteiger partial charge in [0.25, 0.3) is 0 Å². The van der Waals surface area contributed by atoms with Crippen LogP contribution in [0.1, 0.15) is 39.5 Å². The van der Waals surface area contributed by atoms with Crippen molar-refractivity contribution >= 4 is 5.97 Å². The molecule has 0 aromatic rings. The van der Waals surface area contributed by atoms with Crippen molar-refractivity contribution < 1.29 is 9.90 Å². The molecule has 4 heteroatoms. The largest absolute Gasteiger partial charge is 0.481 e. The zero-order valence-electron chi connectivity index (χ0n) is 11.7. The summed E-state index contributed by atoms with van der Waals surface area (Å²) in [6, 6.07) is 0.484. The quantitative estimate of drug-likeness (QED) is 0.575. The summed E-state index contributed by atoms with van der Waals surface area (Å²) in [4.78, 5) is 12.8. The maximum Gasteiger partial charge on any atom is 0.306 e. The molecule has 0 heterocycles.